The fourth-order valence-electron chi connectivity index (χ4n) is 2.22. The van der Waals surface area contributed by atoms with Crippen molar-refractivity contribution in [2.45, 2.75) is 52.0 Å². The minimum atomic E-state index is -0.662. The highest BCUT2D eigenvalue weighted by Gasteiger charge is 2.41. The maximum atomic E-state index is 11.3. The summed E-state index contributed by atoms with van der Waals surface area (Å²) < 4.78 is 0. The summed E-state index contributed by atoms with van der Waals surface area (Å²) in [5, 5.41) is 9.31. The van der Waals surface area contributed by atoms with Crippen molar-refractivity contribution in [1.82, 2.24) is 4.90 Å². The van der Waals surface area contributed by atoms with Gasteiger partial charge in [0.15, 0.2) is 0 Å². The van der Waals surface area contributed by atoms with E-state index >= 15 is 0 Å². The lowest BCUT2D eigenvalue weighted by Crippen LogP contribution is -2.56. The van der Waals surface area contributed by atoms with Crippen LogP contribution in [-0.4, -0.2) is 34.6 Å². The van der Waals surface area contributed by atoms with Crippen molar-refractivity contribution in [2.75, 3.05) is 13.1 Å². The third-order valence-corrected chi connectivity index (χ3v) is 3.73. The Hall–Kier alpha value is -0.570. The zero-order chi connectivity index (χ0) is 11.5. The number of piperidine rings is 1. The number of carbonyl (C=O) groups is 1. The number of carboxylic acid groups (broad SMARTS) is 1. The molecule has 0 aliphatic carbocycles. The number of rotatable bonds is 4. The Bertz CT molecular complexity index is 230. The first-order chi connectivity index (χ1) is 7.00. The van der Waals surface area contributed by atoms with E-state index in [4.69, 9.17) is 0 Å². The summed E-state index contributed by atoms with van der Waals surface area (Å²) in [5.41, 5.74) is -0.623. The fraction of sp³-hybridized carbons (Fsp3) is 0.917. The van der Waals surface area contributed by atoms with E-state index in [9.17, 15) is 9.90 Å². The molecule has 1 N–H and O–H groups in total. The van der Waals surface area contributed by atoms with Gasteiger partial charge in [-0.2, -0.15) is 0 Å². The van der Waals surface area contributed by atoms with Crippen molar-refractivity contribution in [3.8, 4) is 0 Å². The van der Waals surface area contributed by atoms with Crippen molar-refractivity contribution < 1.29 is 9.90 Å². The molecule has 0 bridgehead atoms. The van der Waals surface area contributed by atoms with Crippen molar-refractivity contribution in [1.29, 1.82) is 0 Å². The summed E-state index contributed by atoms with van der Waals surface area (Å²) >= 11 is 0. The molecule has 2 atom stereocenters. The highest BCUT2D eigenvalue weighted by atomic mass is 16.4. The molecule has 0 radical (unpaired) electrons. The van der Waals surface area contributed by atoms with Crippen LogP contribution in [0.4, 0.5) is 0 Å². The number of aliphatic carboxylic acids is 1. The molecule has 2 unspecified atom stereocenters. The molecule has 1 rings (SSSR count). The Labute approximate surface area is 92.5 Å². The Balaban J connectivity index is 2.69. The van der Waals surface area contributed by atoms with E-state index in [2.05, 4.69) is 18.7 Å². The lowest BCUT2D eigenvalue weighted by atomic mass is 9.87. The van der Waals surface area contributed by atoms with Gasteiger partial charge in [-0.1, -0.05) is 20.3 Å². The van der Waals surface area contributed by atoms with Crippen LogP contribution in [0.3, 0.4) is 0 Å². The van der Waals surface area contributed by atoms with Crippen LogP contribution in [0.1, 0.15) is 46.5 Å². The van der Waals surface area contributed by atoms with Gasteiger partial charge in [-0.15, -0.1) is 0 Å². The van der Waals surface area contributed by atoms with Crippen LogP contribution in [0.5, 0.6) is 0 Å². The lowest BCUT2D eigenvalue weighted by Gasteiger charge is -2.42. The standard InChI is InChI=1S/C12H23NO2/c1-4-10(2)9-13-8-6-5-7-12(13,3)11(14)15/h10H,4-9H2,1-3H3,(H,14,15). The highest BCUT2D eigenvalue weighted by Crippen LogP contribution is 2.29. The van der Waals surface area contributed by atoms with Crippen molar-refractivity contribution >= 4 is 5.97 Å². The molecule has 1 heterocycles. The van der Waals surface area contributed by atoms with Crippen molar-refractivity contribution in [3.63, 3.8) is 0 Å². The molecule has 0 spiro atoms. The Morgan fingerprint density at radius 3 is 2.73 bits per heavy atom. The van der Waals surface area contributed by atoms with Crippen LogP contribution in [0.2, 0.25) is 0 Å². The molecule has 0 aromatic heterocycles. The largest absolute Gasteiger partial charge is 0.480 e. The second kappa shape index (κ2) is 4.97. The SMILES string of the molecule is CCC(C)CN1CCCCC1(C)C(=O)O. The topological polar surface area (TPSA) is 40.5 Å². The molecule has 15 heavy (non-hydrogen) atoms. The van der Waals surface area contributed by atoms with Crippen LogP contribution >= 0.6 is 0 Å². The molecular weight excluding hydrogens is 190 g/mol. The van der Waals surface area contributed by atoms with E-state index in [0.717, 1.165) is 38.8 Å². The first kappa shape index (κ1) is 12.5. The van der Waals surface area contributed by atoms with E-state index < -0.39 is 11.5 Å². The zero-order valence-electron chi connectivity index (χ0n) is 10.1. The van der Waals surface area contributed by atoms with Gasteiger partial charge in [0.25, 0.3) is 0 Å². The maximum absolute atomic E-state index is 11.3. The summed E-state index contributed by atoms with van der Waals surface area (Å²) in [6.45, 7) is 8.08. The van der Waals surface area contributed by atoms with Gasteiger partial charge in [0, 0.05) is 6.54 Å². The van der Waals surface area contributed by atoms with Gasteiger partial charge in [0.05, 0.1) is 0 Å². The number of hydrogen-bond donors (Lipinski definition) is 1. The predicted octanol–water partition coefficient (Wildman–Crippen LogP) is 2.36. The Morgan fingerprint density at radius 1 is 1.53 bits per heavy atom. The molecule has 0 amide bonds. The number of hydrogen-bond acceptors (Lipinski definition) is 2. The number of likely N-dealkylation sites (tertiary alicyclic amines) is 1. The molecule has 0 aromatic rings. The van der Waals surface area contributed by atoms with E-state index in [1.807, 2.05) is 6.92 Å². The third kappa shape index (κ3) is 2.71. The van der Waals surface area contributed by atoms with Crippen LogP contribution < -0.4 is 0 Å². The molecule has 1 saturated heterocycles. The average molecular weight is 213 g/mol. The van der Waals surface area contributed by atoms with Gasteiger partial charge in [-0.3, -0.25) is 9.69 Å². The van der Waals surface area contributed by atoms with Crippen LogP contribution in [0.15, 0.2) is 0 Å². The predicted molar refractivity (Wildman–Crippen MR) is 60.9 cm³/mol. The van der Waals surface area contributed by atoms with Gasteiger partial charge in [0.2, 0.25) is 0 Å². The van der Waals surface area contributed by atoms with Crippen LogP contribution in [0, 0.1) is 5.92 Å². The summed E-state index contributed by atoms with van der Waals surface area (Å²) in [6, 6.07) is 0. The van der Waals surface area contributed by atoms with Gasteiger partial charge in [-0.05, 0) is 38.6 Å². The molecule has 1 aliphatic rings. The molecule has 3 heteroatoms. The summed E-state index contributed by atoms with van der Waals surface area (Å²) in [4.78, 5) is 13.5. The first-order valence-corrected chi connectivity index (χ1v) is 5.99. The zero-order valence-corrected chi connectivity index (χ0v) is 10.1. The molecule has 3 nitrogen and oxygen atoms in total. The van der Waals surface area contributed by atoms with Crippen LogP contribution in [0.25, 0.3) is 0 Å². The minimum absolute atomic E-state index is 0.585. The Kier molecular flexibility index (Phi) is 4.14. The molecule has 1 fully saturated rings. The number of nitrogens with zero attached hydrogens (tertiary/aromatic N) is 1. The molecule has 88 valence electrons. The quantitative estimate of drug-likeness (QED) is 0.779. The third-order valence-electron chi connectivity index (χ3n) is 3.73. The van der Waals surface area contributed by atoms with E-state index in [0.29, 0.717) is 5.92 Å². The minimum Gasteiger partial charge on any atom is -0.480 e. The molecule has 0 aromatic carbocycles. The van der Waals surface area contributed by atoms with Gasteiger partial charge < -0.3 is 5.11 Å². The van der Waals surface area contributed by atoms with E-state index in [-0.39, 0.29) is 0 Å². The number of carboxylic acids is 1. The highest BCUT2D eigenvalue weighted by molar-refractivity contribution is 5.78. The molecule has 0 saturated carbocycles. The normalized spacial score (nSPS) is 30.1. The second-order valence-electron chi connectivity index (χ2n) is 5.00. The van der Waals surface area contributed by atoms with Crippen molar-refractivity contribution in [2.24, 2.45) is 5.92 Å². The van der Waals surface area contributed by atoms with Gasteiger partial charge in [0.1, 0.15) is 5.54 Å². The molecule has 1 aliphatic heterocycles. The monoisotopic (exact) mass is 213 g/mol. The fourth-order valence-corrected chi connectivity index (χ4v) is 2.22. The van der Waals surface area contributed by atoms with Crippen molar-refractivity contribution in [3.05, 3.63) is 0 Å². The average Bonchev–Trinajstić information content (AvgIpc) is 2.21. The summed E-state index contributed by atoms with van der Waals surface area (Å²) in [5.74, 6) is -0.0766. The van der Waals surface area contributed by atoms with Gasteiger partial charge in [-0.25, -0.2) is 0 Å². The van der Waals surface area contributed by atoms with E-state index in [1.165, 1.54) is 0 Å². The summed E-state index contributed by atoms with van der Waals surface area (Å²) in [7, 11) is 0. The maximum Gasteiger partial charge on any atom is 0.323 e. The second-order valence-corrected chi connectivity index (χ2v) is 5.00. The lowest BCUT2D eigenvalue weighted by molar-refractivity contribution is -0.153. The smallest absolute Gasteiger partial charge is 0.323 e. The van der Waals surface area contributed by atoms with E-state index in [1.54, 1.807) is 0 Å². The Morgan fingerprint density at radius 2 is 2.20 bits per heavy atom. The first-order valence-electron chi connectivity index (χ1n) is 5.99. The molecular formula is C12H23NO2. The summed E-state index contributed by atoms with van der Waals surface area (Å²) in [6.07, 6.45) is 4.09. The van der Waals surface area contributed by atoms with Gasteiger partial charge >= 0.3 is 5.97 Å². The van der Waals surface area contributed by atoms with Crippen LogP contribution in [-0.2, 0) is 4.79 Å².